The van der Waals surface area contributed by atoms with Gasteiger partial charge in [0.1, 0.15) is 11.6 Å². The summed E-state index contributed by atoms with van der Waals surface area (Å²) in [6.45, 7) is 3.17. The van der Waals surface area contributed by atoms with Crippen LogP contribution in [0.2, 0.25) is 0 Å². The Labute approximate surface area is 159 Å². The van der Waals surface area contributed by atoms with Gasteiger partial charge in [0.25, 0.3) is 0 Å². The van der Waals surface area contributed by atoms with Crippen molar-refractivity contribution in [1.29, 1.82) is 0 Å². The molecule has 1 aliphatic heterocycles. The second-order valence-electron chi connectivity index (χ2n) is 7.14. The third kappa shape index (κ3) is 6.03. The van der Waals surface area contributed by atoms with Crippen molar-refractivity contribution >= 4 is 5.91 Å². The number of hydrogen-bond donors (Lipinski definition) is 0. The molecule has 0 radical (unpaired) electrons. The highest BCUT2D eigenvalue weighted by molar-refractivity contribution is 5.78. The molecule has 0 N–H and O–H groups in total. The fourth-order valence-electron chi connectivity index (χ4n) is 3.36. The van der Waals surface area contributed by atoms with E-state index < -0.39 is 0 Å². The average Bonchev–Trinajstić information content (AvgIpc) is 2.68. The number of carbonyl (C=O) groups excluding carboxylic acids is 1. The summed E-state index contributed by atoms with van der Waals surface area (Å²) < 4.78 is 18.7. The number of pyridine rings is 1. The van der Waals surface area contributed by atoms with Gasteiger partial charge in [-0.3, -0.25) is 14.7 Å². The molecule has 5 nitrogen and oxygen atoms in total. The number of likely N-dealkylation sites (tertiary alicyclic amines) is 1. The van der Waals surface area contributed by atoms with E-state index in [-0.39, 0.29) is 11.7 Å². The molecule has 2 heterocycles. The van der Waals surface area contributed by atoms with Gasteiger partial charge in [0.15, 0.2) is 0 Å². The summed E-state index contributed by atoms with van der Waals surface area (Å²) in [6.07, 6.45) is 5.55. The molecule has 6 heteroatoms. The van der Waals surface area contributed by atoms with Crippen LogP contribution in [-0.2, 0) is 11.3 Å². The van der Waals surface area contributed by atoms with Crippen LogP contribution in [0.5, 0.6) is 5.75 Å². The van der Waals surface area contributed by atoms with Gasteiger partial charge in [-0.05, 0) is 61.9 Å². The van der Waals surface area contributed by atoms with E-state index in [1.54, 1.807) is 24.5 Å². The number of hydrogen-bond acceptors (Lipinski definition) is 4. The number of likely N-dealkylation sites (N-methyl/N-ethyl adjacent to an activating group) is 1. The van der Waals surface area contributed by atoms with E-state index in [0.29, 0.717) is 31.4 Å². The zero-order chi connectivity index (χ0) is 19.1. The van der Waals surface area contributed by atoms with Gasteiger partial charge in [0.2, 0.25) is 5.91 Å². The van der Waals surface area contributed by atoms with Crippen LogP contribution in [0.4, 0.5) is 4.39 Å². The largest absolute Gasteiger partial charge is 0.493 e. The van der Waals surface area contributed by atoms with Crippen LogP contribution >= 0.6 is 0 Å². The molecule has 3 rings (SSSR count). The van der Waals surface area contributed by atoms with E-state index in [1.807, 2.05) is 29.0 Å². The van der Waals surface area contributed by atoms with Gasteiger partial charge >= 0.3 is 0 Å². The molecule has 2 aromatic rings. The first-order chi connectivity index (χ1) is 13.1. The van der Waals surface area contributed by atoms with E-state index in [0.717, 1.165) is 31.5 Å². The van der Waals surface area contributed by atoms with E-state index in [4.69, 9.17) is 4.74 Å². The molecule has 27 heavy (non-hydrogen) atoms. The topological polar surface area (TPSA) is 45.7 Å². The number of aromatic nitrogens is 1. The molecule has 1 saturated heterocycles. The Balaban J connectivity index is 1.45. The summed E-state index contributed by atoms with van der Waals surface area (Å²) in [5.41, 5.74) is 1.14. The van der Waals surface area contributed by atoms with Crippen LogP contribution in [0.15, 0.2) is 48.8 Å². The van der Waals surface area contributed by atoms with Crippen LogP contribution in [0.1, 0.15) is 18.4 Å². The van der Waals surface area contributed by atoms with Gasteiger partial charge in [-0.15, -0.1) is 0 Å². The molecular weight excluding hydrogens is 345 g/mol. The van der Waals surface area contributed by atoms with Crippen LogP contribution in [0, 0.1) is 11.7 Å². The van der Waals surface area contributed by atoms with Crippen LogP contribution in [0.25, 0.3) is 0 Å². The summed E-state index contributed by atoms with van der Waals surface area (Å²) in [5.74, 6) is 0.848. The van der Waals surface area contributed by atoms with Gasteiger partial charge < -0.3 is 9.64 Å². The van der Waals surface area contributed by atoms with E-state index in [9.17, 15) is 9.18 Å². The van der Waals surface area contributed by atoms with Crippen molar-refractivity contribution < 1.29 is 13.9 Å². The van der Waals surface area contributed by atoms with Gasteiger partial charge in [-0.25, -0.2) is 4.39 Å². The molecule has 144 valence electrons. The number of rotatable bonds is 7. The smallest absolute Gasteiger partial charge is 0.236 e. The molecule has 1 aromatic carbocycles. The number of halogens is 1. The second-order valence-corrected chi connectivity index (χ2v) is 7.14. The molecule has 0 spiro atoms. The minimum Gasteiger partial charge on any atom is -0.493 e. The summed E-state index contributed by atoms with van der Waals surface area (Å²) >= 11 is 0. The Hall–Kier alpha value is -2.47. The zero-order valence-corrected chi connectivity index (χ0v) is 15.7. The molecule has 0 bridgehead atoms. The Bertz CT molecular complexity index is 724. The second kappa shape index (κ2) is 9.46. The SMILES string of the molecule is CN(CC(=O)N1CCC[C@H](COc2ccc(F)cc2)C1)Cc1ccncc1. The maximum absolute atomic E-state index is 13.0. The van der Waals surface area contributed by atoms with Crippen LogP contribution in [0.3, 0.4) is 0 Å². The van der Waals surface area contributed by atoms with Crippen LogP contribution in [-0.4, -0.2) is 54.0 Å². The standard InChI is InChI=1S/C21H26FN3O2/c1-24(13-17-8-10-23-11-9-17)15-21(26)25-12-2-3-18(14-25)16-27-20-6-4-19(22)5-7-20/h4-11,18H,2-3,12-16H2,1H3/t18-/m0/s1. The van der Waals surface area contributed by atoms with Crippen LogP contribution < -0.4 is 4.74 Å². The molecule has 0 aliphatic carbocycles. The quantitative estimate of drug-likeness (QED) is 0.751. The Morgan fingerprint density at radius 1 is 1.26 bits per heavy atom. The molecule has 1 aromatic heterocycles. The molecule has 1 amide bonds. The van der Waals surface area contributed by atoms with Gasteiger partial charge in [-0.2, -0.15) is 0 Å². The first-order valence-electron chi connectivity index (χ1n) is 9.34. The van der Waals surface area contributed by atoms with Gasteiger partial charge in [-0.1, -0.05) is 0 Å². The fraction of sp³-hybridized carbons (Fsp3) is 0.429. The van der Waals surface area contributed by atoms with Crippen molar-refractivity contribution in [3.8, 4) is 5.75 Å². The number of piperidine rings is 1. The highest BCUT2D eigenvalue weighted by Crippen LogP contribution is 2.19. The van der Waals surface area contributed by atoms with E-state index in [2.05, 4.69) is 4.98 Å². The molecule has 1 fully saturated rings. The first kappa shape index (κ1) is 19.3. The minimum atomic E-state index is -0.271. The third-order valence-electron chi connectivity index (χ3n) is 4.78. The first-order valence-corrected chi connectivity index (χ1v) is 9.34. The number of carbonyl (C=O) groups is 1. The maximum atomic E-state index is 13.0. The van der Waals surface area contributed by atoms with Crippen molar-refractivity contribution in [3.63, 3.8) is 0 Å². The summed E-state index contributed by atoms with van der Waals surface area (Å²) in [4.78, 5) is 20.6. The summed E-state index contributed by atoms with van der Waals surface area (Å²) in [6, 6.07) is 9.98. The third-order valence-corrected chi connectivity index (χ3v) is 4.78. The number of nitrogens with zero attached hydrogens (tertiary/aromatic N) is 3. The lowest BCUT2D eigenvalue weighted by Gasteiger charge is -2.33. The number of benzene rings is 1. The van der Waals surface area contributed by atoms with Crippen molar-refractivity contribution in [3.05, 3.63) is 60.2 Å². The molecule has 0 saturated carbocycles. The lowest BCUT2D eigenvalue weighted by molar-refractivity contribution is -0.134. The lowest BCUT2D eigenvalue weighted by atomic mass is 9.99. The zero-order valence-electron chi connectivity index (χ0n) is 15.7. The van der Waals surface area contributed by atoms with E-state index in [1.165, 1.54) is 12.1 Å². The van der Waals surface area contributed by atoms with Crippen molar-refractivity contribution in [2.24, 2.45) is 5.92 Å². The highest BCUT2D eigenvalue weighted by atomic mass is 19.1. The van der Waals surface area contributed by atoms with Gasteiger partial charge in [0, 0.05) is 37.9 Å². The molecule has 1 atom stereocenters. The molecule has 0 unspecified atom stereocenters. The number of amides is 1. The Kier molecular flexibility index (Phi) is 6.76. The van der Waals surface area contributed by atoms with Crippen molar-refractivity contribution in [2.75, 3.05) is 33.3 Å². The normalized spacial score (nSPS) is 17.1. The predicted molar refractivity (Wildman–Crippen MR) is 102 cm³/mol. The molecular formula is C21H26FN3O2. The Morgan fingerprint density at radius 3 is 2.74 bits per heavy atom. The van der Waals surface area contributed by atoms with Crippen molar-refractivity contribution in [2.45, 2.75) is 19.4 Å². The van der Waals surface area contributed by atoms with E-state index >= 15 is 0 Å². The Morgan fingerprint density at radius 2 is 2.00 bits per heavy atom. The average molecular weight is 371 g/mol. The summed E-state index contributed by atoms with van der Waals surface area (Å²) in [5, 5.41) is 0. The fourth-order valence-corrected chi connectivity index (χ4v) is 3.36. The van der Waals surface area contributed by atoms with Crippen molar-refractivity contribution in [1.82, 2.24) is 14.8 Å². The molecule has 1 aliphatic rings. The number of ether oxygens (including phenoxy) is 1. The highest BCUT2D eigenvalue weighted by Gasteiger charge is 2.24. The predicted octanol–water partition coefficient (Wildman–Crippen LogP) is 2.97. The monoisotopic (exact) mass is 371 g/mol. The summed E-state index contributed by atoms with van der Waals surface area (Å²) in [7, 11) is 1.96. The maximum Gasteiger partial charge on any atom is 0.236 e. The van der Waals surface area contributed by atoms with Gasteiger partial charge in [0.05, 0.1) is 13.2 Å². The lowest BCUT2D eigenvalue weighted by Crippen LogP contribution is -2.45. The minimum absolute atomic E-state index is 0.151.